The van der Waals surface area contributed by atoms with E-state index in [0.29, 0.717) is 0 Å². The van der Waals surface area contributed by atoms with Crippen LogP contribution in [0.3, 0.4) is 0 Å². The Balaban J connectivity index is 2.21. The lowest BCUT2D eigenvalue weighted by molar-refractivity contribution is 0.396. The summed E-state index contributed by atoms with van der Waals surface area (Å²) < 4.78 is 0. The molecule has 0 saturated carbocycles. The van der Waals surface area contributed by atoms with E-state index < -0.39 is 0 Å². The van der Waals surface area contributed by atoms with Gasteiger partial charge in [0.1, 0.15) is 0 Å². The van der Waals surface area contributed by atoms with Gasteiger partial charge in [-0.25, -0.2) is 0 Å². The fourth-order valence-electron chi connectivity index (χ4n) is 1.45. The number of allylic oxidation sites excluding steroid dienone is 1. The second kappa shape index (κ2) is 3.02. The van der Waals surface area contributed by atoms with Crippen LogP contribution >= 0.6 is 0 Å². The van der Waals surface area contributed by atoms with E-state index in [4.69, 9.17) is 0 Å². The molecular formula is C8H15N. The smallest absolute Gasteiger partial charge is 0.00100 e. The van der Waals surface area contributed by atoms with Crippen molar-refractivity contribution in [3.05, 3.63) is 12.7 Å². The van der Waals surface area contributed by atoms with Crippen LogP contribution in [0.5, 0.6) is 0 Å². The van der Waals surface area contributed by atoms with E-state index in [1.807, 2.05) is 6.08 Å². The van der Waals surface area contributed by atoms with E-state index in [0.717, 1.165) is 5.92 Å². The van der Waals surface area contributed by atoms with E-state index >= 15 is 0 Å². The van der Waals surface area contributed by atoms with Gasteiger partial charge in [-0.3, -0.25) is 0 Å². The van der Waals surface area contributed by atoms with Crippen molar-refractivity contribution >= 4 is 0 Å². The third kappa shape index (κ3) is 1.83. The molecule has 0 aromatic rings. The summed E-state index contributed by atoms with van der Waals surface area (Å²) in [6.07, 6.45) is 4.59. The quantitative estimate of drug-likeness (QED) is 0.506. The van der Waals surface area contributed by atoms with Crippen LogP contribution in [-0.2, 0) is 0 Å². The molecule has 1 nitrogen and oxygen atoms in total. The summed E-state index contributed by atoms with van der Waals surface area (Å²) in [6, 6.07) is 0. The molecule has 0 aromatic carbocycles. The third-order valence-electron chi connectivity index (χ3n) is 1.99. The maximum atomic E-state index is 3.73. The normalized spacial score (nSPS) is 28.8. The van der Waals surface area contributed by atoms with Crippen molar-refractivity contribution < 1.29 is 0 Å². The second-order valence-corrected chi connectivity index (χ2v) is 2.94. The Morgan fingerprint density at radius 2 is 2.56 bits per heavy atom. The molecule has 0 bridgehead atoms. The Labute approximate surface area is 57.4 Å². The number of nitrogens with zero attached hydrogens (tertiary/aromatic N) is 1. The first-order valence-corrected chi connectivity index (χ1v) is 3.62. The molecule has 1 saturated heterocycles. The lowest BCUT2D eigenvalue weighted by Gasteiger charge is -2.06. The first-order chi connectivity index (χ1) is 4.33. The van der Waals surface area contributed by atoms with Crippen molar-refractivity contribution in [1.82, 2.24) is 4.90 Å². The Morgan fingerprint density at radius 3 is 3.00 bits per heavy atom. The van der Waals surface area contributed by atoms with Gasteiger partial charge in [0.25, 0.3) is 0 Å². The molecule has 52 valence electrons. The van der Waals surface area contributed by atoms with Crippen molar-refractivity contribution in [2.45, 2.75) is 12.8 Å². The van der Waals surface area contributed by atoms with Gasteiger partial charge in [-0.05, 0) is 32.4 Å². The van der Waals surface area contributed by atoms with Crippen LogP contribution in [0.4, 0.5) is 0 Å². The van der Waals surface area contributed by atoms with Crippen LogP contribution < -0.4 is 0 Å². The van der Waals surface area contributed by atoms with Gasteiger partial charge >= 0.3 is 0 Å². The van der Waals surface area contributed by atoms with E-state index in [9.17, 15) is 0 Å². The Morgan fingerprint density at radius 1 is 1.78 bits per heavy atom. The molecule has 1 heterocycles. The first-order valence-electron chi connectivity index (χ1n) is 3.62. The monoisotopic (exact) mass is 125 g/mol. The lowest BCUT2D eigenvalue weighted by atomic mass is 10.1. The zero-order valence-electron chi connectivity index (χ0n) is 6.14. The summed E-state index contributed by atoms with van der Waals surface area (Å²) in [4.78, 5) is 2.38. The van der Waals surface area contributed by atoms with Crippen LogP contribution in [0.25, 0.3) is 0 Å². The van der Waals surface area contributed by atoms with Crippen molar-refractivity contribution in [3.63, 3.8) is 0 Å². The van der Waals surface area contributed by atoms with Gasteiger partial charge in [0.2, 0.25) is 0 Å². The summed E-state index contributed by atoms with van der Waals surface area (Å²) in [7, 11) is 2.18. The Kier molecular flexibility index (Phi) is 2.29. The maximum Gasteiger partial charge on any atom is 0.00100 e. The van der Waals surface area contributed by atoms with Crippen LogP contribution in [0, 0.1) is 5.92 Å². The van der Waals surface area contributed by atoms with Gasteiger partial charge in [-0.1, -0.05) is 6.08 Å². The number of rotatable bonds is 2. The minimum absolute atomic E-state index is 0.896. The van der Waals surface area contributed by atoms with Gasteiger partial charge < -0.3 is 4.90 Å². The van der Waals surface area contributed by atoms with Crippen molar-refractivity contribution in [3.8, 4) is 0 Å². The minimum atomic E-state index is 0.896. The molecule has 0 amide bonds. The molecule has 1 aliphatic rings. The first kappa shape index (κ1) is 6.81. The minimum Gasteiger partial charge on any atom is -0.306 e. The number of likely N-dealkylation sites (tertiary alicyclic amines) is 1. The van der Waals surface area contributed by atoms with Crippen LogP contribution in [0.2, 0.25) is 0 Å². The highest BCUT2D eigenvalue weighted by Crippen LogP contribution is 2.17. The molecule has 0 aliphatic carbocycles. The molecular weight excluding hydrogens is 110 g/mol. The number of hydrogen-bond acceptors (Lipinski definition) is 1. The van der Waals surface area contributed by atoms with Gasteiger partial charge in [-0.15, -0.1) is 6.58 Å². The molecule has 0 radical (unpaired) electrons. The number of hydrogen-bond donors (Lipinski definition) is 0. The molecule has 1 aliphatic heterocycles. The summed E-state index contributed by atoms with van der Waals surface area (Å²) in [6.45, 7) is 6.28. The summed E-state index contributed by atoms with van der Waals surface area (Å²) in [5.41, 5.74) is 0. The highest BCUT2D eigenvalue weighted by atomic mass is 15.1. The fraction of sp³-hybridized carbons (Fsp3) is 0.750. The van der Waals surface area contributed by atoms with Gasteiger partial charge in [0, 0.05) is 6.54 Å². The zero-order valence-corrected chi connectivity index (χ0v) is 6.14. The zero-order chi connectivity index (χ0) is 6.69. The SMILES string of the molecule is C=CCC1CCN(C)C1. The Bertz CT molecular complexity index is 98.7. The highest BCUT2D eigenvalue weighted by Gasteiger charge is 2.16. The average Bonchev–Trinajstić information content (AvgIpc) is 2.17. The summed E-state index contributed by atoms with van der Waals surface area (Å²) in [5.74, 6) is 0.896. The fourth-order valence-corrected chi connectivity index (χ4v) is 1.45. The van der Waals surface area contributed by atoms with Gasteiger partial charge in [0.05, 0.1) is 0 Å². The Hall–Kier alpha value is -0.300. The maximum absolute atomic E-state index is 3.73. The largest absolute Gasteiger partial charge is 0.306 e. The predicted octanol–water partition coefficient (Wildman–Crippen LogP) is 1.51. The van der Waals surface area contributed by atoms with Crippen molar-refractivity contribution in [2.24, 2.45) is 5.92 Å². The molecule has 9 heavy (non-hydrogen) atoms. The molecule has 1 heteroatoms. The molecule has 0 aromatic heterocycles. The highest BCUT2D eigenvalue weighted by molar-refractivity contribution is 4.79. The summed E-state index contributed by atoms with van der Waals surface area (Å²) in [5, 5.41) is 0. The molecule has 1 fully saturated rings. The third-order valence-corrected chi connectivity index (χ3v) is 1.99. The van der Waals surface area contributed by atoms with E-state index in [1.54, 1.807) is 0 Å². The van der Waals surface area contributed by atoms with Crippen LogP contribution in [-0.4, -0.2) is 25.0 Å². The van der Waals surface area contributed by atoms with Crippen molar-refractivity contribution in [1.29, 1.82) is 0 Å². The summed E-state index contributed by atoms with van der Waals surface area (Å²) >= 11 is 0. The van der Waals surface area contributed by atoms with Crippen molar-refractivity contribution in [2.75, 3.05) is 20.1 Å². The standard InChI is InChI=1S/C8H15N/c1-3-4-8-5-6-9(2)7-8/h3,8H,1,4-7H2,2H3. The second-order valence-electron chi connectivity index (χ2n) is 2.94. The topological polar surface area (TPSA) is 3.24 Å². The lowest BCUT2D eigenvalue weighted by Crippen LogP contribution is -2.13. The van der Waals surface area contributed by atoms with E-state index in [-0.39, 0.29) is 0 Å². The molecule has 1 rings (SSSR count). The molecule has 0 N–H and O–H groups in total. The van der Waals surface area contributed by atoms with Crippen LogP contribution in [0.15, 0.2) is 12.7 Å². The predicted molar refractivity (Wildman–Crippen MR) is 40.4 cm³/mol. The van der Waals surface area contributed by atoms with Gasteiger partial charge in [-0.2, -0.15) is 0 Å². The van der Waals surface area contributed by atoms with E-state index in [1.165, 1.54) is 25.9 Å². The molecule has 0 spiro atoms. The van der Waals surface area contributed by atoms with Gasteiger partial charge in [0.15, 0.2) is 0 Å². The van der Waals surface area contributed by atoms with E-state index in [2.05, 4.69) is 18.5 Å². The average molecular weight is 125 g/mol. The molecule has 1 unspecified atom stereocenters. The van der Waals surface area contributed by atoms with Crippen LogP contribution in [0.1, 0.15) is 12.8 Å². The molecule has 1 atom stereocenters.